The molecule has 0 bridgehead atoms. The van der Waals surface area contributed by atoms with Crippen LogP contribution in [0.15, 0.2) is 28.8 Å². The largest absolute Gasteiger partial charge is 0.493 e. The summed E-state index contributed by atoms with van der Waals surface area (Å²) in [4.78, 5) is 2.00. The zero-order chi connectivity index (χ0) is 13.8. The Morgan fingerprint density at radius 1 is 1.21 bits per heavy atom. The minimum Gasteiger partial charge on any atom is -0.493 e. The molecule has 2 aromatic rings. The minimum absolute atomic E-state index is 0.385. The number of nitrogens with zero attached hydrogens (tertiary/aromatic N) is 2. The van der Waals surface area contributed by atoms with E-state index in [0.29, 0.717) is 29.6 Å². The molecule has 0 aliphatic carbocycles. The number of hydrogen-bond acceptors (Lipinski definition) is 6. The lowest BCUT2D eigenvalue weighted by Gasteiger charge is -2.19. The molecule has 2 rings (SSSR count). The fourth-order valence-corrected chi connectivity index (χ4v) is 1.79. The maximum atomic E-state index is 5.52. The van der Waals surface area contributed by atoms with Gasteiger partial charge in [-0.2, -0.15) is 0 Å². The molecule has 102 valence electrons. The third kappa shape index (κ3) is 2.90. The second-order valence-electron chi connectivity index (χ2n) is 4.11. The Balaban J connectivity index is 2.16. The van der Waals surface area contributed by atoms with Crippen LogP contribution in [0.2, 0.25) is 0 Å². The van der Waals surface area contributed by atoms with Crippen molar-refractivity contribution in [2.24, 2.45) is 0 Å². The van der Waals surface area contributed by atoms with Crippen molar-refractivity contribution >= 4 is 11.5 Å². The molecule has 1 aromatic heterocycles. The Morgan fingerprint density at radius 3 is 2.53 bits per heavy atom. The second-order valence-corrected chi connectivity index (χ2v) is 4.11. The summed E-state index contributed by atoms with van der Waals surface area (Å²) in [6, 6.07) is 7.41. The van der Waals surface area contributed by atoms with Gasteiger partial charge in [0.1, 0.15) is 0 Å². The quantitative estimate of drug-likeness (QED) is 0.888. The van der Waals surface area contributed by atoms with E-state index in [2.05, 4.69) is 5.16 Å². The summed E-state index contributed by atoms with van der Waals surface area (Å²) in [6.07, 6.45) is 0. The molecule has 0 fully saturated rings. The lowest BCUT2D eigenvalue weighted by molar-refractivity contribution is 0.355. The lowest BCUT2D eigenvalue weighted by Crippen LogP contribution is -2.15. The number of nitrogens with two attached hydrogens (primary N) is 1. The number of benzene rings is 1. The summed E-state index contributed by atoms with van der Waals surface area (Å²) in [5, 5.41) is 3.66. The van der Waals surface area contributed by atoms with Crippen LogP contribution in [0.1, 0.15) is 5.76 Å². The van der Waals surface area contributed by atoms with Gasteiger partial charge in [-0.3, -0.25) is 0 Å². The molecule has 0 aliphatic rings. The van der Waals surface area contributed by atoms with E-state index in [9.17, 15) is 0 Å². The first-order valence-corrected chi connectivity index (χ1v) is 5.78. The first kappa shape index (κ1) is 13.1. The smallest absolute Gasteiger partial charge is 0.167 e. The first-order valence-electron chi connectivity index (χ1n) is 5.78. The lowest BCUT2D eigenvalue weighted by atomic mass is 10.2. The first-order chi connectivity index (χ1) is 9.13. The van der Waals surface area contributed by atoms with Gasteiger partial charge in [-0.05, 0) is 12.1 Å². The van der Waals surface area contributed by atoms with Crippen LogP contribution in [0.25, 0.3) is 0 Å². The Hall–Kier alpha value is -2.37. The van der Waals surface area contributed by atoms with Crippen LogP contribution in [-0.4, -0.2) is 26.4 Å². The second kappa shape index (κ2) is 5.51. The number of ether oxygens (including phenoxy) is 2. The van der Waals surface area contributed by atoms with Crippen molar-refractivity contribution in [3.63, 3.8) is 0 Å². The number of anilines is 2. The van der Waals surface area contributed by atoms with Crippen LogP contribution in [0, 0.1) is 0 Å². The molecular weight excluding hydrogens is 246 g/mol. The zero-order valence-corrected chi connectivity index (χ0v) is 11.2. The minimum atomic E-state index is 0.385. The number of methoxy groups -OCH3 is 2. The standard InChI is InChI=1S/C13H17N3O3/c1-16(8-10-7-13(14)15-19-10)9-4-5-11(17-2)12(6-9)18-3/h4-7H,8H2,1-3H3,(H2,14,15). The van der Waals surface area contributed by atoms with Crippen molar-refractivity contribution in [1.82, 2.24) is 5.16 Å². The maximum Gasteiger partial charge on any atom is 0.167 e. The van der Waals surface area contributed by atoms with E-state index in [0.717, 1.165) is 5.69 Å². The summed E-state index contributed by atoms with van der Waals surface area (Å²) < 4.78 is 15.6. The van der Waals surface area contributed by atoms with Gasteiger partial charge < -0.3 is 24.6 Å². The molecule has 0 unspecified atom stereocenters. The summed E-state index contributed by atoms with van der Waals surface area (Å²) in [5.74, 6) is 2.47. The van der Waals surface area contributed by atoms with E-state index in [4.69, 9.17) is 19.7 Å². The highest BCUT2D eigenvalue weighted by Crippen LogP contribution is 2.31. The van der Waals surface area contributed by atoms with Gasteiger partial charge in [-0.25, -0.2) is 0 Å². The molecule has 0 aliphatic heterocycles. The van der Waals surface area contributed by atoms with Crippen LogP contribution in [0.5, 0.6) is 11.5 Å². The molecule has 6 nitrogen and oxygen atoms in total. The van der Waals surface area contributed by atoms with Crippen LogP contribution in [0.3, 0.4) is 0 Å². The Bertz CT molecular complexity index is 554. The Kier molecular flexibility index (Phi) is 3.79. The predicted octanol–water partition coefficient (Wildman–Crippen LogP) is 1.91. The highest BCUT2D eigenvalue weighted by atomic mass is 16.5. The summed E-state index contributed by atoms with van der Waals surface area (Å²) >= 11 is 0. The van der Waals surface area contributed by atoms with Crippen molar-refractivity contribution < 1.29 is 14.0 Å². The monoisotopic (exact) mass is 263 g/mol. The van der Waals surface area contributed by atoms with E-state index in [-0.39, 0.29) is 0 Å². The molecule has 19 heavy (non-hydrogen) atoms. The SMILES string of the molecule is COc1ccc(N(C)Cc2cc(N)no2)cc1OC. The van der Waals surface area contributed by atoms with Crippen molar-refractivity contribution in [2.75, 3.05) is 31.9 Å². The van der Waals surface area contributed by atoms with E-state index in [1.165, 1.54) is 0 Å². The predicted molar refractivity (Wildman–Crippen MR) is 72.6 cm³/mol. The fraction of sp³-hybridized carbons (Fsp3) is 0.308. The van der Waals surface area contributed by atoms with Crippen LogP contribution >= 0.6 is 0 Å². The van der Waals surface area contributed by atoms with Gasteiger partial charge in [0.15, 0.2) is 23.1 Å². The maximum absolute atomic E-state index is 5.52. The number of aromatic nitrogens is 1. The number of hydrogen-bond donors (Lipinski definition) is 1. The molecule has 0 amide bonds. The molecule has 6 heteroatoms. The van der Waals surface area contributed by atoms with Crippen molar-refractivity contribution in [3.05, 3.63) is 30.0 Å². The molecule has 0 spiro atoms. The van der Waals surface area contributed by atoms with Gasteiger partial charge in [0, 0.05) is 24.9 Å². The fourth-order valence-electron chi connectivity index (χ4n) is 1.79. The van der Waals surface area contributed by atoms with Crippen molar-refractivity contribution in [2.45, 2.75) is 6.54 Å². The van der Waals surface area contributed by atoms with Crippen molar-refractivity contribution in [1.29, 1.82) is 0 Å². The normalized spacial score (nSPS) is 10.3. The third-order valence-electron chi connectivity index (χ3n) is 2.78. The van der Waals surface area contributed by atoms with E-state index < -0.39 is 0 Å². The Labute approximate surface area is 111 Å². The molecule has 2 N–H and O–H groups in total. The van der Waals surface area contributed by atoms with Gasteiger partial charge in [-0.1, -0.05) is 5.16 Å². The van der Waals surface area contributed by atoms with E-state index >= 15 is 0 Å². The summed E-state index contributed by atoms with van der Waals surface area (Å²) in [5.41, 5.74) is 6.50. The van der Waals surface area contributed by atoms with Gasteiger partial charge in [0.05, 0.1) is 20.8 Å². The summed E-state index contributed by atoms with van der Waals surface area (Å²) in [6.45, 7) is 0.569. The molecule has 0 saturated heterocycles. The van der Waals surface area contributed by atoms with Crippen molar-refractivity contribution in [3.8, 4) is 11.5 Å². The molecule has 0 atom stereocenters. The Morgan fingerprint density at radius 2 is 1.95 bits per heavy atom. The zero-order valence-electron chi connectivity index (χ0n) is 11.2. The molecule has 1 aromatic carbocycles. The molecule has 0 saturated carbocycles. The summed E-state index contributed by atoms with van der Waals surface area (Å²) in [7, 11) is 5.16. The topological polar surface area (TPSA) is 73.8 Å². The van der Waals surface area contributed by atoms with Crippen LogP contribution < -0.4 is 20.1 Å². The third-order valence-corrected chi connectivity index (χ3v) is 2.78. The number of nitrogen functional groups attached to an aromatic ring is 1. The van der Waals surface area contributed by atoms with Gasteiger partial charge in [-0.15, -0.1) is 0 Å². The van der Waals surface area contributed by atoms with Crippen LogP contribution in [-0.2, 0) is 6.54 Å². The van der Waals surface area contributed by atoms with Gasteiger partial charge in [0.25, 0.3) is 0 Å². The van der Waals surface area contributed by atoms with Gasteiger partial charge in [0.2, 0.25) is 0 Å². The average Bonchev–Trinajstić information content (AvgIpc) is 2.83. The van der Waals surface area contributed by atoms with E-state index in [1.54, 1.807) is 20.3 Å². The van der Waals surface area contributed by atoms with E-state index in [1.807, 2.05) is 30.1 Å². The average molecular weight is 263 g/mol. The highest BCUT2D eigenvalue weighted by Gasteiger charge is 2.10. The van der Waals surface area contributed by atoms with Gasteiger partial charge >= 0.3 is 0 Å². The molecule has 0 radical (unpaired) electrons. The number of rotatable bonds is 5. The molecule has 1 heterocycles. The molecular formula is C13H17N3O3. The highest BCUT2D eigenvalue weighted by molar-refractivity contribution is 5.56. The van der Waals surface area contributed by atoms with Crippen LogP contribution in [0.4, 0.5) is 11.5 Å².